The summed E-state index contributed by atoms with van der Waals surface area (Å²) in [7, 11) is -3.67. The Balaban J connectivity index is 1.69. The maximum Gasteiger partial charge on any atom is 0.209 e. The van der Waals surface area contributed by atoms with Crippen LogP contribution in [-0.4, -0.2) is 29.7 Å². The van der Waals surface area contributed by atoms with Gasteiger partial charge in [0.05, 0.1) is 17.1 Å². The van der Waals surface area contributed by atoms with Crippen LogP contribution in [0.25, 0.3) is 5.69 Å². The standard InChI is InChI=1S/C23H25ClFN3O3S/c1-15-12-21(28(27-15)20-5-3-4-19(24)14-20)8-9-23(29)16(2)18-7-6-17(22(25)13-18)10-11-32(26,30)31/h3-7,12-14,16H,8-11H2,1-2H3,(H2,26,30,31). The highest BCUT2D eigenvalue weighted by Crippen LogP contribution is 2.23. The number of aromatic nitrogens is 2. The minimum atomic E-state index is -3.67. The highest BCUT2D eigenvalue weighted by atomic mass is 35.5. The highest BCUT2D eigenvalue weighted by molar-refractivity contribution is 7.89. The Hall–Kier alpha value is -2.55. The molecule has 0 aliphatic rings. The fourth-order valence-corrected chi connectivity index (χ4v) is 4.19. The summed E-state index contributed by atoms with van der Waals surface area (Å²) in [5, 5.41) is 10.1. The molecule has 0 fully saturated rings. The molecule has 0 aliphatic heterocycles. The molecule has 0 aliphatic carbocycles. The van der Waals surface area contributed by atoms with Gasteiger partial charge in [-0.15, -0.1) is 0 Å². The molecule has 32 heavy (non-hydrogen) atoms. The molecule has 3 rings (SSSR count). The molecule has 0 bridgehead atoms. The maximum absolute atomic E-state index is 14.4. The zero-order chi connectivity index (χ0) is 23.5. The second kappa shape index (κ2) is 9.94. The molecule has 2 aromatic carbocycles. The first-order chi connectivity index (χ1) is 15.0. The Morgan fingerprint density at radius 1 is 1.19 bits per heavy atom. The lowest BCUT2D eigenvalue weighted by Crippen LogP contribution is -2.18. The first-order valence-corrected chi connectivity index (χ1v) is 12.3. The molecule has 3 aromatic rings. The third-order valence-electron chi connectivity index (χ3n) is 5.30. The van der Waals surface area contributed by atoms with Crippen molar-refractivity contribution in [2.45, 2.75) is 39.0 Å². The summed E-state index contributed by atoms with van der Waals surface area (Å²) in [6, 6.07) is 13.7. The van der Waals surface area contributed by atoms with E-state index in [0.29, 0.717) is 17.0 Å². The number of benzene rings is 2. The molecule has 9 heteroatoms. The van der Waals surface area contributed by atoms with Gasteiger partial charge in [-0.1, -0.05) is 36.7 Å². The number of ketones is 1. The van der Waals surface area contributed by atoms with Crippen LogP contribution in [0.15, 0.2) is 48.5 Å². The van der Waals surface area contributed by atoms with Crippen molar-refractivity contribution in [1.82, 2.24) is 9.78 Å². The summed E-state index contributed by atoms with van der Waals surface area (Å²) < 4.78 is 38.4. The Kier molecular flexibility index (Phi) is 7.48. The van der Waals surface area contributed by atoms with Gasteiger partial charge in [0.15, 0.2) is 0 Å². The lowest BCUT2D eigenvalue weighted by atomic mass is 9.92. The molecule has 0 saturated carbocycles. The average molecular weight is 478 g/mol. The Bertz CT molecular complexity index is 1240. The SMILES string of the molecule is Cc1cc(CCC(=O)C(C)c2ccc(CCS(N)(=O)=O)c(F)c2)n(-c2cccc(Cl)c2)n1. The van der Waals surface area contributed by atoms with Crippen molar-refractivity contribution in [3.8, 4) is 5.69 Å². The number of primary sulfonamides is 1. The molecule has 1 heterocycles. The van der Waals surface area contributed by atoms with E-state index in [1.54, 1.807) is 23.7 Å². The third kappa shape index (κ3) is 6.25. The second-order valence-electron chi connectivity index (χ2n) is 7.82. The average Bonchev–Trinajstić information content (AvgIpc) is 3.10. The number of nitrogens with zero attached hydrogens (tertiary/aromatic N) is 2. The van der Waals surface area contributed by atoms with Gasteiger partial charge >= 0.3 is 0 Å². The van der Waals surface area contributed by atoms with E-state index in [2.05, 4.69) is 5.10 Å². The Labute approximate surface area is 192 Å². The van der Waals surface area contributed by atoms with E-state index < -0.39 is 21.8 Å². The van der Waals surface area contributed by atoms with E-state index in [4.69, 9.17) is 16.7 Å². The number of nitrogens with two attached hydrogens (primary N) is 1. The van der Waals surface area contributed by atoms with Crippen LogP contribution in [0.1, 0.15) is 41.8 Å². The number of carbonyl (C=O) groups excluding carboxylic acids is 1. The number of hydrogen-bond acceptors (Lipinski definition) is 4. The molecule has 1 atom stereocenters. The van der Waals surface area contributed by atoms with Crippen molar-refractivity contribution < 1.29 is 17.6 Å². The number of Topliss-reactive ketones (excluding diaryl/α,β-unsaturated/α-hetero) is 1. The molecule has 0 amide bonds. The first kappa shape index (κ1) is 24.1. The van der Waals surface area contributed by atoms with Crippen molar-refractivity contribution in [3.63, 3.8) is 0 Å². The molecule has 6 nitrogen and oxygen atoms in total. The van der Waals surface area contributed by atoms with Crippen molar-refractivity contribution >= 4 is 27.4 Å². The summed E-state index contributed by atoms with van der Waals surface area (Å²) in [5.74, 6) is -1.41. The molecular weight excluding hydrogens is 453 g/mol. The molecule has 0 radical (unpaired) electrons. The minimum absolute atomic E-state index is 0.0138. The van der Waals surface area contributed by atoms with Crippen LogP contribution in [0.3, 0.4) is 0 Å². The lowest BCUT2D eigenvalue weighted by Gasteiger charge is -2.13. The lowest BCUT2D eigenvalue weighted by molar-refractivity contribution is -0.120. The van der Waals surface area contributed by atoms with E-state index in [-0.39, 0.29) is 29.9 Å². The molecule has 2 N–H and O–H groups in total. The fraction of sp³-hybridized carbons (Fsp3) is 0.304. The van der Waals surface area contributed by atoms with E-state index in [1.807, 2.05) is 31.2 Å². The molecule has 1 unspecified atom stereocenters. The van der Waals surface area contributed by atoms with Crippen LogP contribution in [0, 0.1) is 12.7 Å². The van der Waals surface area contributed by atoms with Gasteiger partial charge in [0.1, 0.15) is 11.6 Å². The topological polar surface area (TPSA) is 95.0 Å². The van der Waals surface area contributed by atoms with Gasteiger partial charge < -0.3 is 0 Å². The van der Waals surface area contributed by atoms with Crippen LogP contribution in [0.5, 0.6) is 0 Å². The van der Waals surface area contributed by atoms with Crippen molar-refractivity contribution in [2.24, 2.45) is 5.14 Å². The van der Waals surface area contributed by atoms with Crippen LogP contribution >= 0.6 is 11.6 Å². The van der Waals surface area contributed by atoms with Crippen LogP contribution < -0.4 is 5.14 Å². The van der Waals surface area contributed by atoms with Crippen molar-refractivity contribution in [3.05, 3.63) is 81.9 Å². The minimum Gasteiger partial charge on any atom is -0.299 e. The number of carbonyl (C=O) groups is 1. The Morgan fingerprint density at radius 2 is 1.94 bits per heavy atom. The molecule has 170 valence electrons. The van der Waals surface area contributed by atoms with Crippen LogP contribution in [0.4, 0.5) is 4.39 Å². The van der Waals surface area contributed by atoms with Gasteiger partial charge in [0, 0.05) is 23.1 Å². The number of hydrogen-bond donors (Lipinski definition) is 1. The zero-order valence-electron chi connectivity index (χ0n) is 17.9. The van der Waals surface area contributed by atoms with Gasteiger partial charge in [-0.3, -0.25) is 4.79 Å². The molecular formula is C23H25ClFN3O3S. The Morgan fingerprint density at radius 3 is 2.59 bits per heavy atom. The van der Waals surface area contributed by atoms with E-state index in [0.717, 1.165) is 17.1 Å². The zero-order valence-corrected chi connectivity index (χ0v) is 19.5. The summed E-state index contributed by atoms with van der Waals surface area (Å²) >= 11 is 6.09. The van der Waals surface area contributed by atoms with Crippen molar-refractivity contribution in [2.75, 3.05) is 5.75 Å². The van der Waals surface area contributed by atoms with E-state index in [9.17, 15) is 17.6 Å². The third-order valence-corrected chi connectivity index (χ3v) is 6.31. The largest absolute Gasteiger partial charge is 0.299 e. The predicted octanol–water partition coefficient (Wildman–Crippen LogP) is 4.11. The van der Waals surface area contributed by atoms with E-state index >= 15 is 0 Å². The highest BCUT2D eigenvalue weighted by Gasteiger charge is 2.19. The number of sulfonamides is 1. The summed E-state index contributed by atoms with van der Waals surface area (Å²) in [6.45, 7) is 3.62. The normalized spacial score (nSPS) is 12.7. The summed E-state index contributed by atoms with van der Waals surface area (Å²) in [5.41, 5.74) is 3.33. The first-order valence-electron chi connectivity index (χ1n) is 10.2. The molecule has 0 spiro atoms. The summed E-state index contributed by atoms with van der Waals surface area (Å²) in [6.07, 6.45) is 0.729. The fourth-order valence-electron chi connectivity index (χ4n) is 3.50. The van der Waals surface area contributed by atoms with Crippen LogP contribution in [-0.2, 0) is 27.7 Å². The van der Waals surface area contributed by atoms with Gasteiger partial charge in [-0.25, -0.2) is 22.6 Å². The number of rotatable bonds is 9. The van der Waals surface area contributed by atoms with Crippen LogP contribution in [0.2, 0.25) is 5.02 Å². The smallest absolute Gasteiger partial charge is 0.209 e. The van der Waals surface area contributed by atoms with Crippen molar-refractivity contribution in [1.29, 1.82) is 0 Å². The second-order valence-corrected chi connectivity index (χ2v) is 9.99. The predicted molar refractivity (Wildman–Crippen MR) is 123 cm³/mol. The summed E-state index contributed by atoms with van der Waals surface area (Å²) in [4.78, 5) is 12.8. The molecule has 0 saturated heterocycles. The maximum atomic E-state index is 14.4. The molecule has 1 aromatic heterocycles. The van der Waals surface area contributed by atoms with Gasteiger partial charge in [0.2, 0.25) is 10.0 Å². The monoisotopic (exact) mass is 477 g/mol. The van der Waals surface area contributed by atoms with E-state index in [1.165, 1.54) is 12.1 Å². The number of halogens is 2. The quantitative estimate of drug-likeness (QED) is 0.501. The van der Waals surface area contributed by atoms with Gasteiger partial charge in [-0.2, -0.15) is 5.10 Å². The van der Waals surface area contributed by atoms with Gasteiger partial charge in [0.25, 0.3) is 0 Å². The number of aryl methyl sites for hydroxylation is 3. The van der Waals surface area contributed by atoms with Gasteiger partial charge in [-0.05, 0) is 61.2 Å².